The van der Waals surface area contributed by atoms with Crippen LogP contribution >= 0.6 is 0 Å². The monoisotopic (exact) mass is 371 g/mol. The quantitative estimate of drug-likeness (QED) is 0.575. The van der Waals surface area contributed by atoms with Gasteiger partial charge in [0.15, 0.2) is 0 Å². The van der Waals surface area contributed by atoms with Crippen LogP contribution < -0.4 is 10.6 Å². The van der Waals surface area contributed by atoms with Gasteiger partial charge in [-0.1, -0.05) is 6.07 Å². The van der Waals surface area contributed by atoms with E-state index in [1.807, 2.05) is 43.5 Å². The van der Waals surface area contributed by atoms with Crippen LogP contribution in [0.3, 0.4) is 0 Å². The topological polar surface area (TPSA) is 96.6 Å². The minimum atomic E-state index is 0.227. The molecule has 1 aliphatic rings. The summed E-state index contributed by atoms with van der Waals surface area (Å²) in [5.74, 6) is 0. The third kappa shape index (κ3) is 2.99. The van der Waals surface area contributed by atoms with E-state index in [1.165, 1.54) is 0 Å². The molecule has 3 N–H and O–H groups in total. The Morgan fingerprint density at radius 2 is 2.00 bits per heavy atom. The molecule has 4 aromatic rings. The van der Waals surface area contributed by atoms with E-state index >= 15 is 0 Å². The number of rotatable bonds is 3. The van der Waals surface area contributed by atoms with Crippen LogP contribution in [0.2, 0.25) is 0 Å². The summed E-state index contributed by atoms with van der Waals surface area (Å²) in [6, 6.07) is 12.2. The molecule has 5 heterocycles. The molecule has 0 amide bonds. The van der Waals surface area contributed by atoms with Crippen LogP contribution in [0.1, 0.15) is 12.1 Å². The molecule has 0 radical (unpaired) electrons. The van der Waals surface area contributed by atoms with Crippen LogP contribution in [0.5, 0.6) is 0 Å². The fourth-order valence-corrected chi connectivity index (χ4v) is 3.70. The predicted molar refractivity (Wildman–Crippen MR) is 110 cm³/mol. The van der Waals surface area contributed by atoms with E-state index in [4.69, 9.17) is 10.7 Å². The van der Waals surface area contributed by atoms with Gasteiger partial charge in [-0.3, -0.25) is 15.1 Å². The fraction of sp³-hybridized carbons (Fsp3) is 0.238. The minimum Gasteiger partial charge on any atom is -0.369 e. The first-order valence-electron chi connectivity index (χ1n) is 9.42. The van der Waals surface area contributed by atoms with Crippen molar-refractivity contribution >= 4 is 16.7 Å². The zero-order chi connectivity index (χ0) is 19.1. The third-order valence-corrected chi connectivity index (χ3v) is 5.17. The van der Waals surface area contributed by atoms with Gasteiger partial charge in [0.25, 0.3) is 0 Å². The Labute approximate surface area is 162 Å². The second-order valence-corrected chi connectivity index (χ2v) is 7.25. The number of aromatic nitrogens is 5. The number of nitrogens with one attached hydrogen (secondary N) is 1. The van der Waals surface area contributed by atoms with Crippen molar-refractivity contribution in [2.45, 2.75) is 19.4 Å². The molecule has 28 heavy (non-hydrogen) atoms. The Morgan fingerprint density at radius 3 is 2.82 bits per heavy atom. The van der Waals surface area contributed by atoms with Crippen LogP contribution in [0, 0.1) is 6.92 Å². The molecule has 4 aromatic heterocycles. The summed E-state index contributed by atoms with van der Waals surface area (Å²) in [4.78, 5) is 16.3. The number of H-pyrrole nitrogens is 1. The van der Waals surface area contributed by atoms with Crippen LogP contribution in [0.4, 0.5) is 5.69 Å². The summed E-state index contributed by atoms with van der Waals surface area (Å²) >= 11 is 0. The number of fused-ring (bicyclic) bond motifs is 1. The predicted octanol–water partition coefficient (Wildman–Crippen LogP) is 2.93. The van der Waals surface area contributed by atoms with Gasteiger partial charge in [-0.05, 0) is 43.7 Å². The fourth-order valence-electron chi connectivity index (χ4n) is 3.70. The van der Waals surface area contributed by atoms with Gasteiger partial charge in [-0.15, -0.1) is 0 Å². The van der Waals surface area contributed by atoms with Crippen molar-refractivity contribution in [1.29, 1.82) is 0 Å². The molecule has 0 aliphatic carbocycles. The smallest absolute Gasteiger partial charge is 0.0928 e. The molecule has 1 aliphatic heterocycles. The van der Waals surface area contributed by atoms with Crippen LogP contribution in [-0.2, 0) is 0 Å². The molecule has 140 valence electrons. The lowest BCUT2D eigenvalue weighted by Crippen LogP contribution is -2.26. The minimum absolute atomic E-state index is 0.227. The maximum absolute atomic E-state index is 6.05. The molecule has 7 nitrogen and oxygen atoms in total. The first-order chi connectivity index (χ1) is 13.7. The normalized spacial score (nSPS) is 16.8. The first-order valence-corrected chi connectivity index (χ1v) is 9.42. The average Bonchev–Trinajstić information content (AvgIpc) is 3.36. The lowest BCUT2D eigenvalue weighted by Gasteiger charge is -2.17. The lowest BCUT2D eigenvalue weighted by molar-refractivity contribution is 0.752. The van der Waals surface area contributed by atoms with E-state index in [9.17, 15) is 0 Å². The number of aryl methyl sites for hydroxylation is 1. The Bertz CT molecular complexity index is 1150. The SMILES string of the molecule is Cc1cccc(-c2[nH]ncc2-c2ccc3ncc(N4CCC(N)C4)cc3n2)n1. The molecule has 1 unspecified atom stereocenters. The number of nitrogens with two attached hydrogens (primary N) is 1. The third-order valence-electron chi connectivity index (χ3n) is 5.17. The number of aromatic amines is 1. The van der Waals surface area contributed by atoms with Crippen molar-refractivity contribution in [2.24, 2.45) is 5.73 Å². The van der Waals surface area contributed by atoms with E-state index < -0.39 is 0 Å². The molecule has 5 rings (SSSR count). The van der Waals surface area contributed by atoms with Crippen molar-refractivity contribution < 1.29 is 0 Å². The molecule has 1 atom stereocenters. The number of hydrogen-bond acceptors (Lipinski definition) is 6. The summed E-state index contributed by atoms with van der Waals surface area (Å²) < 4.78 is 0. The Hall–Kier alpha value is -3.32. The zero-order valence-electron chi connectivity index (χ0n) is 15.6. The van der Waals surface area contributed by atoms with Gasteiger partial charge < -0.3 is 10.6 Å². The summed E-state index contributed by atoms with van der Waals surface area (Å²) in [6.45, 7) is 3.79. The molecule has 0 aromatic carbocycles. The van der Waals surface area contributed by atoms with Crippen molar-refractivity contribution in [3.8, 4) is 22.6 Å². The van der Waals surface area contributed by atoms with Crippen LogP contribution in [-0.4, -0.2) is 44.3 Å². The highest BCUT2D eigenvalue weighted by atomic mass is 15.2. The average molecular weight is 371 g/mol. The summed E-state index contributed by atoms with van der Waals surface area (Å²) in [7, 11) is 0. The molecular weight excluding hydrogens is 350 g/mol. The van der Waals surface area contributed by atoms with Crippen LogP contribution in [0.25, 0.3) is 33.7 Å². The second-order valence-electron chi connectivity index (χ2n) is 7.25. The number of nitrogens with zero attached hydrogens (tertiary/aromatic N) is 5. The van der Waals surface area contributed by atoms with Gasteiger partial charge in [0, 0.05) is 30.4 Å². The van der Waals surface area contributed by atoms with E-state index in [0.29, 0.717) is 0 Å². The van der Waals surface area contributed by atoms with Crippen molar-refractivity contribution in [1.82, 2.24) is 25.1 Å². The molecule has 1 saturated heterocycles. The highest BCUT2D eigenvalue weighted by molar-refractivity contribution is 5.84. The van der Waals surface area contributed by atoms with E-state index in [1.54, 1.807) is 6.20 Å². The molecule has 0 saturated carbocycles. The summed E-state index contributed by atoms with van der Waals surface area (Å²) in [5, 5.41) is 7.30. The van der Waals surface area contributed by atoms with E-state index in [2.05, 4.69) is 31.1 Å². The standard InChI is InChI=1S/C21H21N7/c1-13-3-2-4-19(25-13)21-16(11-24-27-21)17-5-6-18-20(26-17)9-15(10-23-18)28-8-7-14(22)12-28/h2-6,9-11,14H,7-8,12,22H2,1H3,(H,24,27). The van der Waals surface area contributed by atoms with Gasteiger partial charge >= 0.3 is 0 Å². The lowest BCUT2D eigenvalue weighted by atomic mass is 10.1. The Morgan fingerprint density at radius 1 is 1.07 bits per heavy atom. The molecular formula is C21H21N7. The highest BCUT2D eigenvalue weighted by Gasteiger charge is 2.20. The molecule has 0 bridgehead atoms. The van der Waals surface area contributed by atoms with Gasteiger partial charge in [0.2, 0.25) is 0 Å². The van der Waals surface area contributed by atoms with Crippen LogP contribution in [0.15, 0.2) is 48.8 Å². The van der Waals surface area contributed by atoms with E-state index in [-0.39, 0.29) is 6.04 Å². The first kappa shape index (κ1) is 16.8. The maximum Gasteiger partial charge on any atom is 0.0928 e. The van der Waals surface area contributed by atoms with Crippen molar-refractivity contribution in [2.75, 3.05) is 18.0 Å². The van der Waals surface area contributed by atoms with E-state index in [0.717, 1.165) is 64.6 Å². The Kier molecular flexibility index (Phi) is 4.02. The summed E-state index contributed by atoms with van der Waals surface area (Å²) in [6.07, 6.45) is 4.71. The second kappa shape index (κ2) is 6.69. The summed E-state index contributed by atoms with van der Waals surface area (Å²) in [5.41, 5.74) is 13.3. The van der Waals surface area contributed by atoms with Crippen molar-refractivity contribution in [3.05, 3.63) is 54.5 Å². The maximum atomic E-state index is 6.05. The van der Waals surface area contributed by atoms with Gasteiger partial charge in [0.1, 0.15) is 0 Å². The molecule has 0 spiro atoms. The van der Waals surface area contributed by atoms with Gasteiger partial charge in [0.05, 0.1) is 46.2 Å². The van der Waals surface area contributed by atoms with Gasteiger partial charge in [-0.25, -0.2) is 4.98 Å². The number of pyridine rings is 3. The number of anilines is 1. The number of hydrogen-bond donors (Lipinski definition) is 2. The highest BCUT2D eigenvalue weighted by Crippen LogP contribution is 2.30. The molecule has 7 heteroatoms. The van der Waals surface area contributed by atoms with Gasteiger partial charge in [-0.2, -0.15) is 5.10 Å². The molecule has 1 fully saturated rings. The van der Waals surface area contributed by atoms with Crippen molar-refractivity contribution in [3.63, 3.8) is 0 Å². The Balaban J connectivity index is 1.56. The largest absolute Gasteiger partial charge is 0.369 e. The zero-order valence-corrected chi connectivity index (χ0v) is 15.6.